The minimum atomic E-state index is -3.24. The molecule has 0 aromatic heterocycles. The van der Waals surface area contributed by atoms with E-state index in [4.69, 9.17) is 10.5 Å². The average Bonchev–Trinajstić information content (AvgIpc) is 2.26. The molecule has 1 aromatic carbocycles. The summed E-state index contributed by atoms with van der Waals surface area (Å²) in [4.78, 5) is 0. The second-order valence-electron chi connectivity index (χ2n) is 3.16. The van der Waals surface area contributed by atoms with E-state index in [1.54, 1.807) is 0 Å². The molecule has 0 heterocycles. The zero-order chi connectivity index (χ0) is 11.9. The van der Waals surface area contributed by atoms with Crippen LogP contribution in [0.5, 0.6) is 5.75 Å². The van der Waals surface area contributed by atoms with E-state index < -0.39 is 10.0 Å². The molecule has 0 spiro atoms. The second kappa shape index (κ2) is 6.47. The molecule has 0 bridgehead atoms. The summed E-state index contributed by atoms with van der Waals surface area (Å²) >= 11 is 0. The highest BCUT2D eigenvalue weighted by Crippen LogP contribution is 2.07. The standard InChI is InChI=1S/C10H16N2O3S/c11-6-9-16(13,14)12-7-8-15-10-4-2-1-3-5-10/h1-5,12H,6-9,11H2. The van der Waals surface area contributed by atoms with Crippen molar-refractivity contribution in [1.82, 2.24) is 4.72 Å². The topological polar surface area (TPSA) is 81.4 Å². The van der Waals surface area contributed by atoms with Crippen LogP contribution in [-0.2, 0) is 10.0 Å². The lowest BCUT2D eigenvalue weighted by molar-refractivity contribution is 0.323. The Morgan fingerprint density at radius 2 is 1.94 bits per heavy atom. The van der Waals surface area contributed by atoms with Crippen LogP contribution < -0.4 is 15.2 Å². The Kier molecular flexibility index (Phi) is 5.24. The number of benzene rings is 1. The van der Waals surface area contributed by atoms with Gasteiger partial charge < -0.3 is 10.5 Å². The summed E-state index contributed by atoms with van der Waals surface area (Å²) in [7, 11) is -3.24. The Hall–Kier alpha value is -1.11. The predicted molar refractivity (Wildman–Crippen MR) is 62.8 cm³/mol. The van der Waals surface area contributed by atoms with E-state index in [1.807, 2.05) is 30.3 Å². The molecule has 0 fully saturated rings. The van der Waals surface area contributed by atoms with Crippen molar-refractivity contribution < 1.29 is 13.2 Å². The Morgan fingerprint density at radius 3 is 2.56 bits per heavy atom. The van der Waals surface area contributed by atoms with Crippen molar-refractivity contribution in [2.24, 2.45) is 5.73 Å². The third-order valence-electron chi connectivity index (χ3n) is 1.82. The molecule has 90 valence electrons. The van der Waals surface area contributed by atoms with Gasteiger partial charge in [-0.15, -0.1) is 0 Å². The van der Waals surface area contributed by atoms with Crippen LogP contribution in [0.2, 0.25) is 0 Å². The quantitative estimate of drug-likeness (QED) is 0.659. The predicted octanol–water partition coefficient (Wildman–Crippen LogP) is -0.0565. The molecule has 0 atom stereocenters. The largest absolute Gasteiger partial charge is 0.492 e. The molecule has 6 heteroatoms. The summed E-state index contributed by atoms with van der Waals surface area (Å²) < 4.78 is 30.1. The Bertz CT molecular complexity index is 392. The van der Waals surface area contributed by atoms with Crippen molar-refractivity contribution in [2.75, 3.05) is 25.4 Å². The van der Waals surface area contributed by atoms with Crippen LogP contribution in [0.3, 0.4) is 0 Å². The molecule has 0 radical (unpaired) electrons. The molecule has 0 amide bonds. The molecule has 1 aromatic rings. The van der Waals surface area contributed by atoms with Gasteiger partial charge in [-0.1, -0.05) is 18.2 Å². The van der Waals surface area contributed by atoms with Crippen LogP contribution in [0.15, 0.2) is 30.3 Å². The van der Waals surface area contributed by atoms with E-state index in [1.165, 1.54) is 0 Å². The van der Waals surface area contributed by atoms with E-state index >= 15 is 0 Å². The minimum absolute atomic E-state index is 0.0572. The molecule has 3 N–H and O–H groups in total. The van der Waals surface area contributed by atoms with Crippen molar-refractivity contribution in [3.63, 3.8) is 0 Å². The third-order valence-corrected chi connectivity index (χ3v) is 3.24. The number of sulfonamides is 1. The zero-order valence-electron chi connectivity index (χ0n) is 8.93. The Labute approximate surface area is 95.7 Å². The molecule has 0 saturated carbocycles. The van der Waals surface area contributed by atoms with E-state index in [9.17, 15) is 8.42 Å². The average molecular weight is 244 g/mol. The lowest BCUT2D eigenvalue weighted by Gasteiger charge is -2.07. The van der Waals surface area contributed by atoms with Gasteiger partial charge in [0.15, 0.2) is 0 Å². The summed E-state index contributed by atoms with van der Waals surface area (Å²) in [6, 6.07) is 9.22. The summed E-state index contributed by atoms with van der Waals surface area (Å²) in [5, 5.41) is 0. The molecule has 0 aliphatic carbocycles. The van der Waals surface area contributed by atoms with Crippen LogP contribution in [0.1, 0.15) is 0 Å². The molecule has 0 aliphatic rings. The van der Waals surface area contributed by atoms with Gasteiger partial charge in [0, 0.05) is 13.1 Å². The highest BCUT2D eigenvalue weighted by Gasteiger charge is 2.06. The second-order valence-corrected chi connectivity index (χ2v) is 5.09. The first-order valence-electron chi connectivity index (χ1n) is 4.99. The molecule has 16 heavy (non-hydrogen) atoms. The summed E-state index contributed by atoms with van der Waals surface area (Å²) in [5.41, 5.74) is 5.16. The van der Waals surface area contributed by atoms with Gasteiger partial charge in [0.2, 0.25) is 10.0 Å². The lowest BCUT2D eigenvalue weighted by Crippen LogP contribution is -2.32. The molecular formula is C10H16N2O3S. The number of hydrogen-bond acceptors (Lipinski definition) is 4. The number of para-hydroxylation sites is 1. The molecule has 0 aliphatic heterocycles. The van der Waals surface area contributed by atoms with Crippen LogP contribution >= 0.6 is 0 Å². The molecule has 0 unspecified atom stereocenters. The summed E-state index contributed by atoms with van der Waals surface area (Å²) in [5.74, 6) is 0.666. The SMILES string of the molecule is NCCS(=O)(=O)NCCOc1ccccc1. The highest BCUT2D eigenvalue weighted by molar-refractivity contribution is 7.89. The van der Waals surface area contributed by atoms with E-state index in [-0.39, 0.29) is 18.8 Å². The first-order valence-corrected chi connectivity index (χ1v) is 6.64. The maximum absolute atomic E-state index is 11.2. The van der Waals surface area contributed by atoms with Crippen molar-refractivity contribution in [2.45, 2.75) is 0 Å². The first kappa shape index (κ1) is 13.0. The Balaban J connectivity index is 2.22. The van der Waals surface area contributed by atoms with Gasteiger partial charge in [-0.25, -0.2) is 13.1 Å². The fourth-order valence-electron chi connectivity index (χ4n) is 1.11. The van der Waals surface area contributed by atoms with Crippen LogP contribution in [0.25, 0.3) is 0 Å². The maximum Gasteiger partial charge on any atom is 0.212 e. The van der Waals surface area contributed by atoms with Crippen molar-refractivity contribution in [3.05, 3.63) is 30.3 Å². The van der Waals surface area contributed by atoms with E-state index in [0.29, 0.717) is 6.61 Å². The summed E-state index contributed by atoms with van der Waals surface area (Å²) in [6.07, 6.45) is 0. The fourth-order valence-corrected chi connectivity index (χ4v) is 1.96. The fraction of sp³-hybridized carbons (Fsp3) is 0.400. The van der Waals surface area contributed by atoms with Gasteiger partial charge in [-0.05, 0) is 12.1 Å². The van der Waals surface area contributed by atoms with Crippen LogP contribution in [0, 0.1) is 0 Å². The van der Waals surface area contributed by atoms with Gasteiger partial charge >= 0.3 is 0 Å². The first-order chi connectivity index (χ1) is 7.64. The highest BCUT2D eigenvalue weighted by atomic mass is 32.2. The van der Waals surface area contributed by atoms with Gasteiger partial charge in [-0.3, -0.25) is 0 Å². The van der Waals surface area contributed by atoms with E-state index in [0.717, 1.165) is 5.75 Å². The summed E-state index contributed by atoms with van der Waals surface area (Å²) in [6.45, 7) is 0.667. The monoisotopic (exact) mass is 244 g/mol. The number of hydrogen-bond donors (Lipinski definition) is 2. The molecular weight excluding hydrogens is 228 g/mol. The smallest absolute Gasteiger partial charge is 0.212 e. The number of rotatable bonds is 7. The van der Waals surface area contributed by atoms with Gasteiger partial charge in [0.25, 0.3) is 0 Å². The van der Waals surface area contributed by atoms with E-state index in [2.05, 4.69) is 4.72 Å². The van der Waals surface area contributed by atoms with Gasteiger partial charge in [0.05, 0.1) is 5.75 Å². The molecule has 0 saturated heterocycles. The Morgan fingerprint density at radius 1 is 1.25 bits per heavy atom. The zero-order valence-corrected chi connectivity index (χ0v) is 9.74. The van der Waals surface area contributed by atoms with Crippen LogP contribution in [-0.4, -0.2) is 33.9 Å². The van der Waals surface area contributed by atoms with Gasteiger partial charge in [0.1, 0.15) is 12.4 Å². The van der Waals surface area contributed by atoms with Crippen LogP contribution in [0.4, 0.5) is 0 Å². The minimum Gasteiger partial charge on any atom is -0.492 e. The number of nitrogens with two attached hydrogens (primary N) is 1. The normalized spacial score (nSPS) is 11.3. The van der Waals surface area contributed by atoms with Crippen molar-refractivity contribution in [3.8, 4) is 5.75 Å². The number of nitrogens with one attached hydrogen (secondary N) is 1. The molecule has 5 nitrogen and oxygen atoms in total. The van der Waals surface area contributed by atoms with Gasteiger partial charge in [-0.2, -0.15) is 0 Å². The lowest BCUT2D eigenvalue weighted by atomic mass is 10.3. The van der Waals surface area contributed by atoms with Crippen molar-refractivity contribution >= 4 is 10.0 Å². The molecule has 1 rings (SSSR count). The third kappa shape index (κ3) is 5.11. The van der Waals surface area contributed by atoms with Crippen molar-refractivity contribution in [1.29, 1.82) is 0 Å². The maximum atomic E-state index is 11.2. The number of ether oxygens (including phenoxy) is 1.